The van der Waals surface area contributed by atoms with Crippen molar-refractivity contribution in [2.75, 3.05) is 7.11 Å². The molecule has 0 N–H and O–H groups in total. The standard InChI is InChI=1S/C17H12N2O/c1-20-16-9-8-14(15-3-2-10-19-17(15)16)13-6-4-12(11-18)5-7-13/h2-10H,1H3. The summed E-state index contributed by atoms with van der Waals surface area (Å²) in [7, 11) is 1.64. The molecule has 0 aliphatic carbocycles. The second-order valence-corrected chi connectivity index (χ2v) is 4.40. The molecule has 0 unspecified atom stereocenters. The summed E-state index contributed by atoms with van der Waals surface area (Å²) < 4.78 is 5.35. The van der Waals surface area contributed by atoms with E-state index in [-0.39, 0.29) is 0 Å². The van der Waals surface area contributed by atoms with E-state index in [1.165, 1.54) is 0 Å². The minimum absolute atomic E-state index is 0.657. The number of benzene rings is 2. The highest BCUT2D eigenvalue weighted by Gasteiger charge is 2.08. The van der Waals surface area contributed by atoms with Gasteiger partial charge in [-0.05, 0) is 41.5 Å². The normalized spacial score (nSPS) is 10.2. The van der Waals surface area contributed by atoms with Gasteiger partial charge in [-0.3, -0.25) is 4.98 Å². The van der Waals surface area contributed by atoms with Gasteiger partial charge in [0.2, 0.25) is 0 Å². The number of fused-ring (bicyclic) bond motifs is 1. The first-order chi connectivity index (χ1) is 9.83. The fourth-order valence-electron chi connectivity index (χ4n) is 2.29. The maximum absolute atomic E-state index is 8.86. The molecule has 3 heteroatoms. The maximum atomic E-state index is 8.86. The molecule has 3 rings (SSSR count). The van der Waals surface area contributed by atoms with Crippen LogP contribution in [0.5, 0.6) is 5.75 Å². The van der Waals surface area contributed by atoms with Crippen LogP contribution in [0.15, 0.2) is 54.7 Å². The average molecular weight is 260 g/mol. The fraction of sp³-hybridized carbons (Fsp3) is 0.0588. The zero-order valence-electron chi connectivity index (χ0n) is 11.0. The number of nitrogens with zero attached hydrogens (tertiary/aromatic N) is 2. The molecule has 96 valence electrons. The van der Waals surface area contributed by atoms with Crippen LogP contribution in [-0.2, 0) is 0 Å². The van der Waals surface area contributed by atoms with Crippen molar-refractivity contribution in [3.63, 3.8) is 0 Å². The zero-order chi connectivity index (χ0) is 13.9. The topological polar surface area (TPSA) is 45.9 Å². The summed E-state index contributed by atoms with van der Waals surface area (Å²) in [4.78, 5) is 4.39. The minimum Gasteiger partial charge on any atom is -0.494 e. The number of methoxy groups -OCH3 is 1. The van der Waals surface area contributed by atoms with E-state index in [4.69, 9.17) is 10.00 Å². The SMILES string of the molecule is COc1ccc(-c2ccc(C#N)cc2)c2cccnc12. The van der Waals surface area contributed by atoms with Gasteiger partial charge in [0.15, 0.2) is 0 Å². The van der Waals surface area contributed by atoms with E-state index >= 15 is 0 Å². The van der Waals surface area contributed by atoms with Gasteiger partial charge >= 0.3 is 0 Å². The van der Waals surface area contributed by atoms with E-state index in [0.717, 1.165) is 27.8 Å². The summed E-state index contributed by atoms with van der Waals surface area (Å²) in [6.45, 7) is 0. The smallest absolute Gasteiger partial charge is 0.145 e. The van der Waals surface area contributed by atoms with Crippen molar-refractivity contribution in [3.8, 4) is 22.9 Å². The summed E-state index contributed by atoms with van der Waals surface area (Å²) in [5.41, 5.74) is 3.64. The highest BCUT2D eigenvalue weighted by atomic mass is 16.5. The molecule has 0 fully saturated rings. The lowest BCUT2D eigenvalue weighted by atomic mass is 9.99. The Hall–Kier alpha value is -2.86. The third-order valence-corrected chi connectivity index (χ3v) is 3.28. The van der Waals surface area contributed by atoms with Crippen molar-refractivity contribution >= 4 is 10.9 Å². The number of hydrogen-bond donors (Lipinski definition) is 0. The number of ether oxygens (including phenoxy) is 1. The van der Waals surface area contributed by atoms with E-state index < -0.39 is 0 Å². The van der Waals surface area contributed by atoms with Crippen LogP contribution >= 0.6 is 0 Å². The molecule has 1 aromatic heterocycles. The molecule has 0 spiro atoms. The summed E-state index contributed by atoms with van der Waals surface area (Å²) in [5.74, 6) is 0.762. The van der Waals surface area contributed by atoms with Crippen LogP contribution in [0.4, 0.5) is 0 Å². The van der Waals surface area contributed by atoms with Gasteiger partial charge in [0.05, 0.1) is 18.7 Å². The molecule has 3 nitrogen and oxygen atoms in total. The summed E-state index contributed by atoms with van der Waals surface area (Å²) >= 11 is 0. The van der Waals surface area contributed by atoms with Crippen LogP contribution in [0.3, 0.4) is 0 Å². The highest BCUT2D eigenvalue weighted by molar-refractivity contribution is 5.97. The van der Waals surface area contributed by atoms with Crippen molar-refractivity contribution in [1.29, 1.82) is 5.26 Å². The zero-order valence-corrected chi connectivity index (χ0v) is 11.0. The van der Waals surface area contributed by atoms with Gasteiger partial charge in [0.1, 0.15) is 11.3 Å². The Balaban J connectivity index is 2.23. The highest BCUT2D eigenvalue weighted by Crippen LogP contribution is 2.32. The maximum Gasteiger partial charge on any atom is 0.145 e. The minimum atomic E-state index is 0.657. The van der Waals surface area contributed by atoms with Crippen LogP contribution in [0.1, 0.15) is 5.56 Å². The molecule has 0 aliphatic heterocycles. The Morgan fingerprint density at radius 2 is 1.85 bits per heavy atom. The first-order valence-electron chi connectivity index (χ1n) is 6.26. The lowest BCUT2D eigenvalue weighted by Crippen LogP contribution is -1.89. The van der Waals surface area contributed by atoms with Crippen molar-refractivity contribution < 1.29 is 4.74 Å². The van der Waals surface area contributed by atoms with Crippen LogP contribution in [0.2, 0.25) is 0 Å². The first-order valence-corrected chi connectivity index (χ1v) is 6.26. The lowest BCUT2D eigenvalue weighted by Gasteiger charge is -2.09. The summed E-state index contributed by atoms with van der Waals surface area (Å²) in [6.07, 6.45) is 1.76. The summed E-state index contributed by atoms with van der Waals surface area (Å²) in [5, 5.41) is 9.90. The van der Waals surface area contributed by atoms with Crippen molar-refractivity contribution in [2.45, 2.75) is 0 Å². The van der Waals surface area contributed by atoms with Crippen molar-refractivity contribution in [2.24, 2.45) is 0 Å². The average Bonchev–Trinajstić information content (AvgIpc) is 2.54. The summed E-state index contributed by atoms with van der Waals surface area (Å²) in [6, 6.07) is 17.5. The third-order valence-electron chi connectivity index (χ3n) is 3.28. The van der Waals surface area contributed by atoms with Crippen LogP contribution in [0, 0.1) is 11.3 Å². The molecule has 3 aromatic rings. The molecular weight excluding hydrogens is 248 g/mol. The quantitative estimate of drug-likeness (QED) is 0.704. The molecule has 0 saturated carbocycles. The molecule has 1 heterocycles. The molecule has 20 heavy (non-hydrogen) atoms. The molecule has 0 radical (unpaired) electrons. The number of hydrogen-bond acceptors (Lipinski definition) is 3. The molecule has 0 bridgehead atoms. The Kier molecular flexibility index (Phi) is 3.06. The first kappa shape index (κ1) is 12.2. The third kappa shape index (κ3) is 1.98. The second kappa shape index (κ2) is 5.02. The van der Waals surface area contributed by atoms with E-state index in [9.17, 15) is 0 Å². The van der Waals surface area contributed by atoms with Gasteiger partial charge in [-0.1, -0.05) is 18.2 Å². The number of aromatic nitrogens is 1. The largest absolute Gasteiger partial charge is 0.494 e. The van der Waals surface area contributed by atoms with E-state index in [1.807, 2.05) is 48.5 Å². The van der Waals surface area contributed by atoms with E-state index in [2.05, 4.69) is 11.1 Å². The molecule has 0 amide bonds. The number of nitriles is 1. The van der Waals surface area contributed by atoms with E-state index in [0.29, 0.717) is 5.56 Å². The van der Waals surface area contributed by atoms with Gasteiger partial charge < -0.3 is 4.74 Å². The monoisotopic (exact) mass is 260 g/mol. The van der Waals surface area contributed by atoms with Gasteiger partial charge in [-0.15, -0.1) is 0 Å². The van der Waals surface area contributed by atoms with Crippen LogP contribution in [-0.4, -0.2) is 12.1 Å². The van der Waals surface area contributed by atoms with Crippen molar-refractivity contribution in [3.05, 3.63) is 60.3 Å². The van der Waals surface area contributed by atoms with Gasteiger partial charge in [-0.2, -0.15) is 5.26 Å². The predicted octanol–water partition coefficient (Wildman–Crippen LogP) is 3.78. The Bertz CT molecular complexity index is 801. The lowest BCUT2D eigenvalue weighted by molar-refractivity contribution is 0.419. The second-order valence-electron chi connectivity index (χ2n) is 4.40. The number of pyridine rings is 1. The molecule has 0 aliphatic rings. The van der Waals surface area contributed by atoms with Gasteiger partial charge in [0.25, 0.3) is 0 Å². The Morgan fingerprint density at radius 3 is 2.55 bits per heavy atom. The molecular formula is C17H12N2O. The fourth-order valence-corrected chi connectivity index (χ4v) is 2.29. The molecule has 0 atom stereocenters. The predicted molar refractivity (Wildman–Crippen MR) is 78.4 cm³/mol. The Morgan fingerprint density at radius 1 is 1.05 bits per heavy atom. The van der Waals surface area contributed by atoms with Crippen LogP contribution in [0.25, 0.3) is 22.0 Å². The Labute approximate surface area is 117 Å². The van der Waals surface area contributed by atoms with E-state index in [1.54, 1.807) is 13.3 Å². The van der Waals surface area contributed by atoms with Crippen LogP contribution < -0.4 is 4.74 Å². The molecule has 2 aromatic carbocycles. The molecule has 0 saturated heterocycles. The van der Waals surface area contributed by atoms with Gasteiger partial charge in [0, 0.05) is 11.6 Å². The van der Waals surface area contributed by atoms with Crippen molar-refractivity contribution in [1.82, 2.24) is 4.98 Å². The number of rotatable bonds is 2. The van der Waals surface area contributed by atoms with Gasteiger partial charge in [-0.25, -0.2) is 0 Å².